The van der Waals surface area contributed by atoms with Gasteiger partial charge in [-0.05, 0) is 18.4 Å². The number of rotatable bonds is 6. The highest BCUT2D eigenvalue weighted by Crippen LogP contribution is 2.47. The van der Waals surface area contributed by atoms with Gasteiger partial charge in [0.2, 0.25) is 11.3 Å². The highest BCUT2D eigenvalue weighted by molar-refractivity contribution is 5.68. The molecule has 10 nitrogen and oxygen atoms in total. The summed E-state index contributed by atoms with van der Waals surface area (Å²) < 4.78 is 102. The van der Waals surface area contributed by atoms with Crippen LogP contribution in [0.15, 0.2) is 53.0 Å². The molecule has 1 unspecified atom stereocenters. The normalized spacial score (nSPS) is 20.6. The number of halogens is 6. The molecule has 0 amide bonds. The van der Waals surface area contributed by atoms with E-state index in [-0.39, 0.29) is 25.5 Å². The summed E-state index contributed by atoms with van der Waals surface area (Å²) in [6, 6.07) is 7.39. The van der Waals surface area contributed by atoms with Gasteiger partial charge in [-0.15, -0.1) is 10.2 Å². The summed E-state index contributed by atoms with van der Waals surface area (Å²) >= 11 is 0. The maximum absolute atomic E-state index is 14.8. The molecule has 2 atom stereocenters. The molecule has 2 aromatic heterocycles. The number of hydrogen-bond donors (Lipinski definition) is 1. The van der Waals surface area contributed by atoms with Crippen LogP contribution in [0.4, 0.5) is 37.8 Å². The van der Waals surface area contributed by atoms with Crippen LogP contribution >= 0.6 is 0 Å². The summed E-state index contributed by atoms with van der Waals surface area (Å²) in [6.45, 7) is -0.620. The Labute approximate surface area is 228 Å². The van der Waals surface area contributed by atoms with Crippen molar-refractivity contribution in [3.8, 4) is 11.6 Å². The van der Waals surface area contributed by atoms with E-state index in [0.29, 0.717) is 5.56 Å². The first-order chi connectivity index (χ1) is 19.4. The van der Waals surface area contributed by atoms with Crippen LogP contribution in [-0.2, 0) is 27.9 Å². The van der Waals surface area contributed by atoms with Crippen molar-refractivity contribution in [2.75, 3.05) is 19.0 Å². The molecule has 1 aliphatic rings. The summed E-state index contributed by atoms with van der Waals surface area (Å²) in [6.07, 6.45) is -8.14. The number of fused-ring (bicyclic) bond motifs is 5. The zero-order valence-corrected chi connectivity index (χ0v) is 21.3. The number of allylic oxidation sites excluding steroid dienone is 1. The standard InChI is InChI=1S/C25H23F6N5O5/c1-39-14-16-10-6-3-7-11-23(25(29,30)31,40-13-15-8-4-2-5-9-15)22-35-34-21(41-22)19-18(36(37)38)12-17(24(26,27)28)20(32-16)33-19/h2-5,7-9,12,16H,6,10-11,13-14H2,1H3,(H,32,33)/b7-3-/t16?,23-/m1/s1. The zero-order valence-electron chi connectivity index (χ0n) is 21.3. The van der Waals surface area contributed by atoms with Gasteiger partial charge >= 0.3 is 18.0 Å². The number of methoxy groups -OCH3 is 1. The molecule has 3 heterocycles. The smallest absolute Gasteiger partial charge is 0.415 e. The van der Waals surface area contributed by atoms with Crippen LogP contribution in [0.2, 0.25) is 0 Å². The molecule has 1 N–H and O–H groups in total. The van der Waals surface area contributed by atoms with E-state index in [2.05, 4.69) is 20.5 Å². The molecule has 4 bridgehead atoms. The topological polar surface area (TPSA) is 125 Å². The van der Waals surface area contributed by atoms with Gasteiger partial charge in [0, 0.05) is 19.6 Å². The van der Waals surface area contributed by atoms with Crippen molar-refractivity contribution < 1.29 is 45.2 Å². The number of nitro groups is 1. The van der Waals surface area contributed by atoms with Crippen LogP contribution in [0.1, 0.15) is 36.3 Å². The van der Waals surface area contributed by atoms with E-state index < -0.39 is 76.5 Å². The van der Waals surface area contributed by atoms with Crippen LogP contribution in [0.5, 0.6) is 0 Å². The Kier molecular flexibility index (Phi) is 8.63. The Hall–Kier alpha value is -4.05. The van der Waals surface area contributed by atoms with Gasteiger partial charge in [-0.1, -0.05) is 42.5 Å². The monoisotopic (exact) mass is 587 g/mol. The van der Waals surface area contributed by atoms with Gasteiger partial charge in [0.25, 0.3) is 11.8 Å². The summed E-state index contributed by atoms with van der Waals surface area (Å²) in [5, 5.41) is 21.3. The maximum Gasteiger partial charge on any atom is 0.426 e. The van der Waals surface area contributed by atoms with Crippen LogP contribution in [0.3, 0.4) is 0 Å². The second-order valence-corrected chi connectivity index (χ2v) is 9.07. The minimum absolute atomic E-state index is 0.101. The lowest BCUT2D eigenvalue weighted by Gasteiger charge is -2.31. The average molecular weight is 587 g/mol. The van der Waals surface area contributed by atoms with Crippen LogP contribution in [-0.4, -0.2) is 46.0 Å². The third-order valence-corrected chi connectivity index (χ3v) is 6.23. The molecule has 1 aliphatic heterocycles. The van der Waals surface area contributed by atoms with Crippen LogP contribution in [0, 0.1) is 10.1 Å². The van der Waals surface area contributed by atoms with Gasteiger partial charge in [-0.25, -0.2) is 4.98 Å². The molecule has 0 saturated carbocycles. The fourth-order valence-corrected chi connectivity index (χ4v) is 4.17. The fraction of sp³-hybridized carbons (Fsp3) is 0.400. The van der Waals surface area contributed by atoms with E-state index in [1.807, 2.05) is 0 Å². The van der Waals surface area contributed by atoms with E-state index in [1.54, 1.807) is 30.3 Å². The van der Waals surface area contributed by atoms with Gasteiger partial charge < -0.3 is 19.2 Å². The van der Waals surface area contributed by atoms with Crippen molar-refractivity contribution >= 4 is 11.5 Å². The van der Waals surface area contributed by atoms with Crippen molar-refractivity contribution in [2.45, 2.75) is 49.9 Å². The quantitative estimate of drug-likeness (QED) is 0.155. The number of pyridine rings is 1. The lowest BCUT2D eigenvalue weighted by molar-refractivity contribution is -0.384. The highest BCUT2D eigenvalue weighted by atomic mass is 19.4. The van der Waals surface area contributed by atoms with Gasteiger partial charge in [-0.3, -0.25) is 10.1 Å². The minimum Gasteiger partial charge on any atom is -0.415 e. The number of anilines is 1. The number of aromatic nitrogens is 3. The fourth-order valence-electron chi connectivity index (χ4n) is 4.17. The molecular formula is C25H23F6N5O5. The molecule has 0 fully saturated rings. The van der Waals surface area contributed by atoms with E-state index in [0.717, 1.165) is 0 Å². The Bertz CT molecular complexity index is 1400. The molecule has 0 saturated heterocycles. The van der Waals surface area contributed by atoms with Crippen molar-refractivity contribution in [1.82, 2.24) is 15.2 Å². The SMILES string of the molecule is COCC1CC/C=C\C[C@](OCc2ccccc2)(C(F)(F)F)c2nnc(o2)-c2nc(c(C(F)(F)F)cc2[N+](=O)[O-])N1. The highest BCUT2D eigenvalue weighted by Gasteiger charge is 2.61. The Morgan fingerprint density at radius 2 is 1.88 bits per heavy atom. The molecule has 0 aliphatic carbocycles. The lowest BCUT2D eigenvalue weighted by Crippen LogP contribution is -2.45. The number of ether oxygens (including phenoxy) is 2. The molecule has 0 spiro atoms. The van der Waals surface area contributed by atoms with Crippen molar-refractivity contribution in [3.05, 3.63) is 75.7 Å². The Balaban J connectivity index is 1.92. The van der Waals surface area contributed by atoms with Gasteiger partial charge in [0.05, 0.1) is 24.2 Å². The van der Waals surface area contributed by atoms with E-state index >= 15 is 0 Å². The molecular weight excluding hydrogens is 564 g/mol. The van der Waals surface area contributed by atoms with Crippen LogP contribution < -0.4 is 5.32 Å². The second-order valence-electron chi connectivity index (χ2n) is 9.07. The van der Waals surface area contributed by atoms with Gasteiger partial charge in [0.15, 0.2) is 0 Å². The minimum atomic E-state index is -5.13. The summed E-state index contributed by atoms with van der Waals surface area (Å²) in [5.41, 5.74) is -6.31. The first-order valence-corrected chi connectivity index (χ1v) is 12.1. The third-order valence-electron chi connectivity index (χ3n) is 6.23. The molecule has 0 radical (unpaired) electrons. The van der Waals surface area contributed by atoms with Gasteiger partial charge in [0.1, 0.15) is 11.4 Å². The largest absolute Gasteiger partial charge is 0.426 e. The molecule has 220 valence electrons. The Morgan fingerprint density at radius 1 is 1.15 bits per heavy atom. The van der Waals surface area contributed by atoms with Crippen molar-refractivity contribution in [1.29, 1.82) is 0 Å². The second kappa shape index (κ2) is 11.8. The van der Waals surface area contributed by atoms with E-state index in [4.69, 9.17) is 13.9 Å². The van der Waals surface area contributed by atoms with Crippen molar-refractivity contribution in [2.24, 2.45) is 0 Å². The Morgan fingerprint density at radius 3 is 2.51 bits per heavy atom. The summed E-state index contributed by atoms with van der Waals surface area (Å²) in [4.78, 5) is 14.3. The summed E-state index contributed by atoms with van der Waals surface area (Å²) in [7, 11) is 1.31. The van der Waals surface area contributed by atoms with Gasteiger partial charge in [-0.2, -0.15) is 26.3 Å². The predicted molar refractivity (Wildman–Crippen MR) is 130 cm³/mol. The molecule has 16 heteroatoms. The van der Waals surface area contributed by atoms with E-state index in [9.17, 15) is 36.5 Å². The number of benzene rings is 1. The molecule has 1 aromatic carbocycles. The molecule has 4 rings (SSSR count). The number of nitrogens with one attached hydrogen (secondary N) is 1. The molecule has 41 heavy (non-hydrogen) atoms. The lowest BCUT2D eigenvalue weighted by atomic mass is 9.97. The number of alkyl halides is 6. The number of hydrogen-bond acceptors (Lipinski definition) is 9. The van der Waals surface area contributed by atoms with Crippen LogP contribution in [0.25, 0.3) is 11.6 Å². The average Bonchev–Trinajstić information content (AvgIpc) is 3.39. The van der Waals surface area contributed by atoms with Crippen molar-refractivity contribution in [3.63, 3.8) is 0 Å². The zero-order chi connectivity index (χ0) is 29.8. The third kappa shape index (κ3) is 6.48. The maximum atomic E-state index is 14.8. The molecule has 3 aromatic rings. The number of nitrogens with zero attached hydrogens (tertiary/aromatic N) is 4. The predicted octanol–water partition coefficient (Wildman–Crippen LogP) is 6.20. The summed E-state index contributed by atoms with van der Waals surface area (Å²) in [5.74, 6) is -2.81. The van der Waals surface area contributed by atoms with E-state index in [1.165, 1.54) is 19.3 Å². The first-order valence-electron chi connectivity index (χ1n) is 12.1. The first kappa shape index (κ1) is 29.9.